The highest BCUT2D eigenvalue weighted by Crippen LogP contribution is 2.38. The molecule has 0 unspecified atom stereocenters. The Bertz CT molecular complexity index is 848. The monoisotopic (exact) mass is 392 g/mol. The van der Waals surface area contributed by atoms with Gasteiger partial charge in [0.25, 0.3) is 5.91 Å². The third kappa shape index (κ3) is 4.19. The summed E-state index contributed by atoms with van der Waals surface area (Å²) in [6, 6.07) is 5.44. The van der Waals surface area contributed by atoms with Gasteiger partial charge in [-0.25, -0.2) is 0 Å². The van der Waals surface area contributed by atoms with Crippen LogP contribution < -0.4 is 15.8 Å². The summed E-state index contributed by atoms with van der Waals surface area (Å²) in [5.74, 6) is 0.158. The molecule has 1 heterocycles. The number of anilines is 1. The number of hydrogen-bond acceptors (Lipinski definition) is 4. The van der Waals surface area contributed by atoms with Gasteiger partial charge in [-0.15, -0.1) is 11.3 Å². The van der Waals surface area contributed by atoms with E-state index in [1.165, 1.54) is 11.3 Å². The Morgan fingerprint density at radius 3 is 2.88 bits per heavy atom. The van der Waals surface area contributed by atoms with E-state index in [1.807, 2.05) is 19.1 Å². The fraction of sp³-hybridized carbons (Fsp3) is 0.368. The highest BCUT2D eigenvalue weighted by molar-refractivity contribution is 7.17. The molecule has 0 aliphatic heterocycles. The van der Waals surface area contributed by atoms with Gasteiger partial charge in [0, 0.05) is 16.3 Å². The molecule has 1 aliphatic rings. The van der Waals surface area contributed by atoms with Crippen molar-refractivity contribution in [3.63, 3.8) is 0 Å². The van der Waals surface area contributed by atoms with Gasteiger partial charge in [-0.1, -0.05) is 11.6 Å². The minimum Gasteiger partial charge on any atom is -0.493 e. The van der Waals surface area contributed by atoms with Crippen LogP contribution >= 0.6 is 22.9 Å². The molecule has 0 atom stereocenters. The second-order valence-corrected chi connectivity index (χ2v) is 7.88. The summed E-state index contributed by atoms with van der Waals surface area (Å²) in [7, 11) is 0. The summed E-state index contributed by atoms with van der Waals surface area (Å²) >= 11 is 7.39. The summed E-state index contributed by atoms with van der Waals surface area (Å²) in [6.45, 7) is 2.36. The molecule has 0 saturated heterocycles. The maximum Gasteiger partial charge on any atom is 0.251 e. The number of thiophene rings is 1. The van der Waals surface area contributed by atoms with E-state index < -0.39 is 5.91 Å². The summed E-state index contributed by atoms with van der Waals surface area (Å²) in [4.78, 5) is 25.1. The van der Waals surface area contributed by atoms with Crippen molar-refractivity contribution >= 4 is 39.8 Å². The number of nitrogens with one attached hydrogen (secondary N) is 1. The zero-order valence-electron chi connectivity index (χ0n) is 14.6. The second kappa shape index (κ2) is 8.10. The van der Waals surface area contributed by atoms with E-state index in [2.05, 4.69) is 5.32 Å². The predicted octanol–water partition coefficient (Wildman–Crippen LogP) is 4.10. The number of amides is 2. The summed E-state index contributed by atoms with van der Waals surface area (Å²) in [6.07, 6.45) is 3.73. The fourth-order valence-electron chi connectivity index (χ4n) is 3.13. The third-order valence-corrected chi connectivity index (χ3v) is 5.81. The van der Waals surface area contributed by atoms with E-state index in [9.17, 15) is 9.59 Å². The molecule has 3 N–H and O–H groups in total. The number of carbonyl (C=O) groups excluding carboxylic acids is 2. The maximum absolute atomic E-state index is 12.2. The first-order chi connectivity index (χ1) is 12.5. The number of halogens is 1. The molecule has 2 aromatic rings. The molecule has 1 aromatic heterocycles. The van der Waals surface area contributed by atoms with Gasteiger partial charge in [0.2, 0.25) is 5.91 Å². The van der Waals surface area contributed by atoms with E-state index in [0.717, 1.165) is 41.0 Å². The lowest BCUT2D eigenvalue weighted by Crippen LogP contribution is -2.18. The number of fused-ring (bicyclic) bond motifs is 1. The summed E-state index contributed by atoms with van der Waals surface area (Å²) in [5, 5.41) is 4.10. The molecule has 1 aromatic carbocycles. The van der Waals surface area contributed by atoms with Crippen molar-refractivity contribution in [1.29, 1.82) is 0 Å². The molecule has 2 amide bonds. The van der Waals surface area contributed by atoms with Crippen LogP contribution in [0.4, 0.5) is 5.00 Å². The van der Waals surface area contributed by atoms with Gasteiger partial charge < -0.3 is 15.8 Å². The molecule has 26 heavy (non-hydrogen) atoms. The van der Waals surface area contributed by atoms with Crippen LogP contribution in [0.1, 0.15) is 45.6 Å². The van der Waals surface area contributed by atoms with Gasteiger partial charge in [0.1, 0.15) is 10.8 Å². The number of ether oxygens (including phenoxy) is 1. The minimum atomic E-state index is -0.471. The average Bonchev–Trinajstić information content (AvgIpc) is 3.13. The van der Waals surface area contributed by atoms with Gasteiger partial charge in [-0.3, -0.25) is 9.59 Å². The van der Waals surface area contributed by atoms with Crippen molar-refractivity contribution in [1.82, 2.24) is 0 Å². The summed E-state index contributed by atoms with van der Waals surface area (Å²) in [5.41, 5.74) is 7.97. The minimum absolute atomic E-state index is 0.135. The molecule has 7 heteroatoms. The molecule has 5 nitrogen and oxygen atoms in total. The van der Waals surface area contributed by atoms with Crippen LogP contribution in [0, 0.1) is 6.92 Å². The Morgan fingerprint density at radius 1 is 1.35 bits per heavy atom. The molecular weight excluding hydrogens is 372 g/mol. The van der Waals surface area contributed by atoms with Crippen molar-refractivity contribution in [3.8, 4) is 5.75 Å². The van der Waals surface area contributed by atoms with Gasteiger partial charge >= 0.3 is 0 Å². The number of nitrogens with two attached hydrogens (primary N) is 1. The topological polar surface area (TPSA) is 81.4 Å². The Balaban J connectivity index is 1.51. The van der Waals surface area contributed by atoms with Crippen LogP contribution in [0.25, 0.3) is 0 Å². The van der Waals surface area contributed by atoms with Gasteiger partial charge in [-0.2, -0.15) is 0 Å². The highest BCUT2D eigenvalue weighted by atomic mass is 35.5. The quantitative estimate of drug-likeness (QED) is 0.696. The van der Waals surface area contributed by atoms with Crippen molar-refractivity contribution in [2.75, 3.05) is 11.9 Å². The first kappa shape index (κ1) is 18.7. The molecule has 138 valence electrons. The molecule has 0 radical (unpaired) electrons. The first-order valence-corrected chi connectivity index (χ1v) is 9.78. The lowest BCUT2D eigenvalue weighted by molar-refractivity contribution is -0.116. The highest BCUT2D eigenvalue weighted by Gasteiger charge is 2.25. The van der Waals surface area contributed by atoms with Crippen LogP contribution in [-0.4, -0.2) is 18.4 Å². The molecule has 0 fully saturated rings. The van der Waals surface area contributed by atoms with E-state index in [-0.39, 0.29) is 5.91 Å². The van der Waals surface area contributed by atoms with Gasteiger partial charge in [-0.05, 0) is 61.9 Å². The summed E-state index contributed by atoms with van der Waals surface area (Å²) < 4.78 is 5.69. The Hall–Kier alpha value is -2.05. The normalized spacial score (nSPS) is 12.7. The lowest BCUT2D eigenvalue weighted by Gasteiger charge is -2.09. The Labute approximate surface area is 161 Å². The van der Waals surface area contributed by atoms with Crippen molar-refractivity contribution in [3.05, 3.63) is 44.8 Å². The van der Waals surface area contributed by atoms with Crippen LogP contribution in [-0.2, 0) is 17.6 Å². The smallest absolute Gasteiger partial charge is 0.251 e. The first-order valence-electron chi connectivity index (χ1n) is 8.59. The second-order valence-electron chi connectivity index (χ2n) is 6.34. The largest absolute Gasteiger partial charge is 0.493 e. The van der Waals surface area contributed by atoms with Gasteiger partial charge in [0.15, 0.2) is 0 Å². The number of rotatable bonds is 7. The zero-order valence-corrected chi connectivity index (χ0v) is 16.1. The van der Waals surface area contributed by atoms with Gasteiger partial charge in [0.05, 0.1) is 12.2 Å². The van der Waals surface area contributed by atoms with E-state index in [4.69, 9.17) is 22.1 Å². The van der Waals surface area contributed by atoms with Crippen LogP contribution in [0.15, 0.2) is 18.2 Å². The molecule has 0 spiro atoms. The zero-order chi connectivity index (χ0) is 18.7. The number of aryl methyl sites for hydroxylation is 2. The third-order valence-electron chi connectivity index (χ3n) is 4.36. The fourth-order valence-corrected chi connectivity index (χ4v) is 4.67. The van der Waals surface area contributed by atoms with Crippen LogP contribution in [0.3, 0.4) is 0 Å². The lowest BCUT2D eigenvalue weighted by atomic mass is 10.1. The van der Waals surface area contributed by atoms with Crippen LogP contribution in [0.5, 0.6) is 5.75 Å². The maximum atomic E-state index is 12.2. The molecule has 1 aliphatic carbocycles. The Morgan fingerprint density at radius 2 is 2.15 bits per heavy atom. The molecule has 0 bridgehead atoms. The standard InChI is InChI=1S/C19H21ClN2O3S/c1-11-10-12(20)7-8-14(11)25-9-3-6-16(23)22-19-17(18(21)24)13-4-2-5-15(13)26-19/h7-8,10H,2-6,9H2,1H3,(H2,21,24)(H,22,23). The SMILES string of the molecule is Cc1cc(Cl)ccc1OCCCC(=O)Nc1sc2c(c1C(N)=O)CCC2. The van der Waals surface area contributed by atoms with E-state index in [0.29, 0.717) is 35.0 Å². The van der Waals surface area contributed by atoms with Crippen LogP contribution in [0.2, 0.25) is 5.02 Å². The van der Waals surface area contributed by atoms with E-state index >= 15 is 0 Å². The Kier molecular flexibility index (Phi) is 5.84. The number of benzene rings is 1. The number of primary amides is 1. The van der Waals surface area contributed by atoms with E-state index in [1.54, 1.807) is 6.07 Å². The number of carbonyl (C=O) groups is 2. The van der Waals surface area contributed by atoms with Crippen molar-refractivity contribution in [2.45, 2.75) is 39.0 Å². The van der Waals surface area contributed by atoms with Crippen molar-refractivity contribution in [2.24, 2.45) is 5.73 Å². The molecule has 0 saturated carbocycles. The van der Waals surface area contributed by atoms with Crippen molar-refractivity contribution < 1.29 is 14.3 Å². The number of hydrogen-bond donors (Lipinski definition) is 2. The average molecular weight is 393 g/mol. The molecular formula is C19H21ClN2O3S. The molecule has 3 rings (SSSR count). The predicted molar refractivity (Wildman–Crippen MR) is 104 cm³/mol.